The first-order valence-corrected chi connectivity index (χ1v) is 46.8. The van der Waals surface area contributed by atoms with Crippen LogP contribution < -0.4 is 19.1 Å². The second-order valence-corrected chi connectivity index (χ2v) is 37.8. The highest BCUT2D eigenvalue weighted by atomic mass is 16.5. The number of nitrogens with zero attached hydrogens (tertiary/aromatic N) is 1. The van der Waals surface area contributed by atoms with E-state index in [0.29, 0.717) is 53.3 Å². The van der Waals surface area contributed by atoms with Gasteiger partial charge in [0, 0.05) is 33.3 Å². The van der Waals surface area contributed by atoms with E-state index in [-0.39, 0.29) is 16.2 Å². The minimum absolute atomic E-state index is 0.198. The Bertz CT molecular complexity index is 4950. The van der Waals surface area contributed by atoms with Crippen molar-refractivity contribution >= 4 is 17.1 Å². The molecular formula is C117H135NO3. The zero-order valence-corrected chi connectivity index (χ0v) is 76.2. The summed E-state index contributed by atoms with van der Waals surface area (Å²) in [6.45, 7) is 45.3. The van der Waals surface area contributed by atoms with Crippen molar-refractivity contribution in [3.63, 3.8) is 0 Å². The normalized spacial score (nSPS) is 14.6. The highest BCUT2D eigenvalue weighted by molar-refractivity contribution is 5.91. The van der Waals surface area contributed by atoms with E-state index in [0.717, 1.165) is 73.4 Å². The number of hydrogen-bond acceptors (Lipinski definition) is 4. The van der Waals surface area contributed by atoms with Crippen molar-refractivity contribution in [2.24, 2.45) is 53.3 Å². The predicted octanol–water partition coefficient (Wildman–Crippen LogP) is 33.7. The van der Waals surface area contributed by atoms with Gasteiger partial charge in [-0.1, -0.05) is 328 Å². The molecule has 121 heavy (non-hydrogen) atoms. The van der Waals surface area contributed by atoms with Gasteiger partial charge in [-0.05, 0) is 315 Å². The Balaban J connectivity index is 0.755. The van der Waals surface area contributed by atoms with Crippen molar-refractivity contribution in [3.05, 3.63) is 288 Å². The summed E-state index contributed by atoms with van der Waals surface area (Å²) in [7, 11) is 0. The Labute approximate surface area is 728 Å². The van der Waals surface area contributed by atoms with Crippen molar-refractivity contribution < 1.29 is 14.2 Å². The average Bonchev–Trinajstić information content (AvgIpc) is 1.56. The highest BCUT2D eigenvalue weighted by Crippen LogP contribution is 2.62. The van der Waals surface area contributed by atoms with Crippen LogP contribution in [0, 0.1) is 53.3 Å². The number of hydrogen-bond donors (Lipinski definition) is 0. The van der Waals surface area contributed by atoms with Gasteiger partial charge in [-0.3, -0.25) is 0 Å². The molecule has 12 aromatic rings. The summed E-state index contributed by atoms with van der Waals surface area (Å²) >= 11 is 0. The van der Waals surface area contributed by atoms with Crippen LogP contribution >= 0.6 is 0 Å². The lowest BCUT2D eigenvalue weighted by atomic mass is 9.62. The van der Waals surface area contributed by atoms with Gasteiger partial charge in [-0.15, -0.1) is 0 Å². The van der Waals surface area contributed by atoms with Gasteiger partial charge >= 0.3 is 0 Å². The minimum Gasteiger partial charge on any atom is -0.493 e. The van der Waals surface area contributed by atoms with Crippen LogP contribution in [0.15, 0.2) is 255 Å². The van der Waals surface area contributed by atoms with Gasteiger partial charge in [0.2, 0.25) is 0 Å². The smallest absolute Gasteiger partial charge is 0.119 e. The molecule has 0 spiro atoms. The number of ether oxygens (including phenoxy) is 3. The van der Waals surface area contributed by atoms with E-state index in [1.54, 1.807) is 0 Å². The van der Waals surface area contributed by atoms with Gasteiger partial charge in [0.05, 0.1) is 19.8 Å². The van der Waals surface area contributed by atoms with Crippen LogP contribution in [0.1, 0.15) is 235 Å². The topological polar surface area (TPSA) is 30.9 Å². The van der Waals surface area contributed by atoms with Gasteiger partial charge in [0.25, 0.3) is 0 Å². The Morgan fingerprint density at radius 2 is 0.397 bits per heavy atom. The zero-order valence-electron chi connectivity index (χ0n) is 76.2. The van der Waals surface area contributed by atoms with Crippen LogP contribution in [0.2, 0.25) is 0 Å². The van der Waals surface area contributed by atoms with Crippen molar-refractivity contribution in [2.75, 3.05) is 24.7 Å². The number of benzene rings is 12. The molecule has 4 heteroatoms. The summed E-state index contributed by atoms with van der Waals surface area (Å²) in [5, 5.41) is 0. The molecule has 3 atom stereocenters. The molecule has 4 nitrogen and oxygen atoms in total. The number of anilines is 3. The van der Waals surface area contributed by atoms with Crippen LogP contribution in [-0.4, -0.2) is 19.8 Å². The predicted molar refractivity (Wildman–Crippen MR) is 518 cm³/mol. The quantitative estimate of drug-likeness (QED) is 0.0392. The number of unbranched alkanes of at least 4 members (excludes halogenated alkanes) is 3. The maximum atomic E-state index is 6.41. The number of fused-ring (bicyclic) bond motifs is 9. The van der Waals surface area contributed by atoms with Gasteiger partial charge in [0.15, 0.2) is 0 Å². The lowest BCUT2D eigenvalue weighted by Gasteiger charge is -2.40. The molecule has 0 fully saturated rings. The molecule has 626 valence electrons. The van der Waals surface area contributed by atoms with Crippen LogP contribution in [0.5, 0.6) is 17.2 Å². The Morgan fingerprint density at radius 1 is 0.223 bits per heavy atom. The molecule has 3 aliphatic rings. The van der Waals surface area contributed by atoms with E-state index in [1.165, 1.54) is 191 Å². The fraction of sp³-hybridized carbons (Fsp3) is 0.385. The first-order chi connectivity index (χ1) is 58.6. The van der Waals surface area contributed by atoms with E-state index in [2.05, 4.69) is 384 Å². The molecule has 0 aliphatic heterocycles. The summed E-state index contributed by atoms with van der Waals surface area (Å²) in [6, 6.07) is 98.5. The molecule has 0 saturated carbocycles. The maximum absolute atomic E-state index is 6.41. The first-order valence-electron chi connectivity index (χ1n) is 46.8. The SMILES string of the molecule is CCCCC(CC)COc1ccc(-c2ccc3c(c2)C(C(C)C)(C(C)C)c2cc(-c4ccc(N(c5ccc(-c6ccc7c(c6)C(C(C)C)(C(C)C)c6cc(-c8ccc(OCC(CC)CCCC)cc8)ccc6-7)cc5)c5ccc(-c6ccc7c(c6)C(C(C)C)(C(C)C)c6cc(-c8ccc(OCC(CC)CCCC)cc8)ccc6-7)cc5)cc4)ccc2-3)cc1. The molecule has 3 aliphatic carbocycles. The monoisotopic (exact) mass is 1600 g/mol. The van der Waals surface area contributed by atoms with Gasteiger partial charge in [-0.2, -0.15) is 0 Å². The summed E-state index contributed by atoms with van der Waals surface area (Å²) < 4.78 is 19.2. The first kappa shape index (κ1) is 85.8. The molecule has 0 heterocycles. The molecule has 15 rings (SSSR count). The summed E-state index contributed by atoms with van der Waals surface area (Å²) in [5.41, 5.74) is 34.1. The number of rotatable bonds is 36. The molecule has 12 aromatic carbocycles. The Kier molecular flexibility index (Phi) is 26.2. The molecule has 0 saturated heterocycles. The largest absolute Gasteiger partial charge is 0.493 e. The Morgan fingerprint density at radius 3 is 0.562 bits per heavy atom. The molecule has 0 N–H and O–H groups in total. The second-order valence-electron chi connectivity index (χ2n) is 37.8. The van der Waals surface area contributed by atoms with E-state index in [1.807, 2.05) is 0 Å². The molecule has 0 amide bonds. The third-order valence-corrected chi connectivity index (χ3v) is 29.2. The summed E-state index contributed by atoms with van der Waals surface area (Å²) in [4.78, 5) is 2.46. The lowest BCUT2D eigenvalue weighted by molar-refractivity contribution is 0.233. The second kappa shape index (κ2) is 36.9. The van der Waals surface area contributed by atoms with Crippen LogP contribution in [0.25, 0.3) is 100 Å². The van der Waals surface area contributed by atoms with Crippen molar-refractivity contribution in [1.29, 1.82) is 0 Å². The molecule has 3 unspecified atom stereocenters. The summed E-state index contributed by atoms with van der Waals surface area (Å²) in [6.07, 6.45) is 14.5. The van der Waals surface area contributed by atoms with E-state index in [4.69, 9.17) is 14.2 Å². The standard InChI is InChI=1S/C117H135NO3/c1-19-25-28-82(22-4)73-119-100-55-37-88(38-56-100)94-46-64-106-103-61-43-91(67-109(103)115(76(7)8,77(9)10)112(106)70-94)85-31-49-97(50-32-85)118(98-51-33-86(34-52-98)92-44-62-104-107-65-47-95(71-113(107)116(78(11)12,79(13)14)110(104)68-92)89-39-57-101(58-40-89)120-74-83(23-5)29-26-20-2)99-53-35-87(36-54-99)93-45-63-105-108-66-48-96(72-114(108)117(80(15)16,81(17)18)111(105)69-93)90-41-59-102(60-42-90)121-75-84(24-6)30-27-21-3/h31-72,76-84H,19-30,73-75H2,1-18H3. The third kappa shape index (κ3) is 16.2. The minimum atomic E-state index is -0.198. The van der Waals surface area contributed by atoms with Gasteiger partial charge < -0.3 is 19.1 Å². The van der Waals surface area contributed by atoms with Crippen LogP contribution in [-0.2, 0) is 16.2 Å². The van der Waals surface area contributed by atoms with Gasteiger partial charge in [0.1, 0.15) is 17.2 Å². The van der Waals surface area contributed by atoms with E-state index >= 15 is 0 Å². The lowest BCUT2D eigenvalue weighted by Crippen LogP contribution is -2.37. The third-order valence-electron chi connectivity index (χ3n) is 29.2. The van der Waals surface area contributed by atoms with E-state index < -0.39 is 0 Å². The molecule has 0 bridgehead atoms. The van der Waals surface area contributed by atoms with Gasteiger partial charge in [-0.25, -0.2) is 0 Å². The van der Waals surface area contributed by atoms with Crippen molar-refractivity contribution in [3.8, 4) is 117 Å². The Hall–Kier alpha value is -10.2. The van der Waals surface area contributed by atoms with Crippen molar-refractivity contribution in [1.82, 2.24) is 0 Å². The van der Waals surface area contributed by atoms with Crippen molar-refractivity contribution in [2.45, 2.75) is 218 Å². The summed E-state index contributed by atoms with van der Waals surface area (Å²) in [5.74, 6) is 6.68. The fourth-order valence-electron chi connectivity index (χ4n) is 22.4. The maximum Gasteiger partial charge on any atom is 0.119 e. The average molecular weight is 1600 g/mol. The zero-order chi connectivity index (χ0) is 85.0. The van der Waals surface area contributed by atoms with Crippen LogP contribution in [0.4, 0.5) is 17.1 Å². The highest BCUT2D eigenvalue weighted by Gasteiger charge is 2.51. The fourth-order valence-corrected chi connectivity index (χ4v) is 22.4. The van der Waals surface area contributed by atoms with Crippen LogP contribution in [0.3, 0.4) is 0 Å². The molecular weight excluding hydrogens is 1470 g/mol. The van der Waals surface area contributed by atoms with E-state index in [9.17, 15) is 0 Å². The molecule has 0 radical (unpaired) electrons. The molecule has 0 aromatic heterocycles.